The molecule has 0 atom stereocenters. The van der Waals surface area contributed by atoms with Crippen LogP contribution in [0, 0.1) is 10.1 Å². The monoisotopic (exact) mass is 278 g/mol. The molecule has 6 heteroatoms. The van der Waals surface area contributed by atoms with E-state index in [1.165, 1.54) is 6.07 Å². The Hall–Kier alpha value is -3.15. The molecule has 0 N–H and O–H groups in total. The molecule has 0 bridgehead atoms. The maximum atomic E-state index is 11.2. The van der Waals surface area contributed by atoms with Crippen LogP contribution in [0.25, 0.3) is 22.5 Å². The van der Waals surface area contributed by atoms with Crippen molar-refractivity contribution in [3.63, 3.8) is 0 Å². The van der Waals surface area contributed by atoms with E-state index in [4.69, 9.17) is 0 Å². The van der Waals surface area contributed by atoms with Crippen molar-refractivity contribution in [2.24, 2.45) is 0 Å². The number of aromatic nitrogens is 3. The number of nitro groups is 1. The fraction of sp³-hybridized carbons (Fsp3) is 0. The summed E-state index contributed by atoms with van der Waals surface area (Å²) in [7, 11) is 0. The lowest BCUT2D eigenvalue weighted by Gasteiger charge is -2.05. The van der Waals surface area contributed by atoms with Gasteiger partial charge in [-0.15, -0.1) is 0 Å². The Bertz CT molecular complexity index is 776. The van der Waals surface area contributed by atoms with Gasteiger partial charge in [0.1, 0.15) is 5.69 Å². The summed E-state index contributed by atoms with van der Waals surface area (Å²) in [6.45, 7) is 0. The lowest BCUT2D eigenvalue weighted by Crippen LogP contribution is -1.97. The number of pyridine rings is 3. The largest absolute Gasteiger partial charge is 0.295 e. The second-order valence-electron chi connectivity index (χ2n) is 4.30. The van der Waals surface area contributed by atoms with Gasteiger partial charge in [0.2, 0.25) is 0 Å². The third-order valence-electron chi connectivity index (χ3n) is 2.96. The summed E-state index contributed by atoms with van der Waals surface area (Å²) in [5.74, 6) is 0. The Balaban J connectivity index is 2.18. The molecule has 102 valence electrons. The van der Waals surface area contributed by atoms with Crippen molar-refractivity contribution in [2.45, 2.75) is 0 Å². The van der Waals surface area contributed by atoms with Crippen molar-refractivity contribution >= 4 is 5.69 Å². The van der Waals surface area contributed by atoms with Crippen LogP contribution in [0.3, 0.4) is 0 Å². The average Bonchev–Trinajstić information content (AvgIpc) is 2.56. The zero-order chi connectivity index (χ0) is 14.7. The Labute approximate surface area is 120 Å². The standard InChI is InChI=1S/C15H10N4O2/c20-19(21)14-6-5-13(11-3-1-7-16-9-11)18-15(14)12-4-2-8-17-10-12/h1-10H. The predicted octanol–water partition coefficient (Wildman–Crippen LogP) is 3.11. The highest BCUT2D eigenvalue weighted by molar-refractivity contribution is 5.72. The zero-order valence-corrected chi connectivity index (χ0v) is 10.9. The average molecular weight is 278 g/mol. The smallest absolute Gasteiger partial charge is 0.264 e. The van der Waals surface area contributed by atoms with Gasteiger partial charge in [-0.1, -0.05) is 0 Å². The predicted molar refractivity (Wildman–Crippen MR) is 77.4 cm³/mol. The topological polar surface area (TPSA) is 81.8 Å². The summed E-state index contributed by atoms with van der Waals surface area (Å²) < 4.78 is 0. The van der Waals surface area contributed by atoms with Crippen LogP contribution in [-0.2, 0) is 0 Å². The molecule has 0 radical (unpaired) electrons. The zero-order valence-electron chi connectivity index (χ0n) is 10.9. The fourth-order valence-corrected chi connectivity index (χ4v) is 1.99. The van der Waals surface area contributed by atoms with Crippen molar-refractivity contribution in [3.8, 4) is 22.5 Å². The summed E-state index contributed by atoms with van der Waals surface area (Å²) in [6.07, 6.45) is 6.50. The first-order valence-corrected chi connectivity index (χ1v) is 6.22. The molecule has 3 rings (SSSR count). The number of nitrogens with zero attached hydrogens (tertiary/aromatic N) is 4. The van der Waals surface area contributed by atoms with E-state index in [2.05, 4.69) is 15.0 Å². The first kappa shape index (κ1) is 12.9. The van der Waals surface area contributed by atoms with Crippen molar-refractivity contribution < 1.29 is 4.92 Å². The summed E-state index contributed by atoms with van der Waals surface area (Å²) in [6, 6.07) is 10.2. The van der Waals surface area contributed by atoms with E-state index in [0.29, 0.717) is 17.0 Å². The van der Waals surface area contributed by atoms with E-state index in [1.807, 2.05) is 6.07 Å². The molecule has 6 nitrogen and oxygen atoms in total. The van der Waals surface area contributed by atoms with Crippen LogP contribution in [-0.4, -0.2) is 19.9 Å². The van der Waals surface area contributed by atoms with Crippen LogP contribution < -0.4 is 0 Å². The van der Waals surface area contributed by atoms with Crippen LogP contribution in [0.4, 0.5) is 5.69 Å². The highest BCUT2D eigenvalue weighted by Gasteiger charge is 2.18. The number of hydrogen-bond acceptors (Lipinski definition) is 5. The number of hydrogen-bond donors (Lipinski definition) is 0. The molecule has 0 saturated carbocycles. The lowest BCUT2D eigenvalue weighted by molar-refractivity contribution is -0.384. The molecular weight excluding hydrogens is 268 g/mol. The van der Waals surface area contributed by atoms with Crippen molar-refractivity contribution in [1.29, 1.82) is 0 Å². The van der Waals surface area contributed by atoms with E-state index >= 15 is 0 Å². The Kier molecular flexibility index (Phi) is 3.34. The van der Waals surface area contributed by atoms with Crippen molar-refractivity contribution in [1.82, 2.24) is 15.0 Å². The van der Waals surface area contributed by atoms with Gasteiger partial charge in [0.25, 0.3) is 5.69 Å². The molecule has 3 aromatic heterocycles. The highest BCUT2D eigenvalue weighted by atomic mass is 16.6. The maximum Gasteiger partial charge on any atom is 0.295 e. The molecule has 0 aliphatic rings. The van der Waals surface area contributed by atoms with Gasteiger partial charge < -0.3 is 0 Å². The molecular formula is C15H10N4O2. The molecule has 3 aromatic rings. The van der Waals surface area contributed by atoms with Crippen LogP contribution in [0.5, 0.6) is 0 Å². The van der Waals surface area contributed by atoms with Gasteiger partial charge in [-0.25, -0.2) is 4.98 Å². The molecule has 0 aliphatic carbocycles. The molecule has 3 heterocycles. The van der Waals surface area contributed by atoms with Gasteiger partial charge in [0.05, 0.1) is 10.6 Å². The van der Waals surface area contributed by atoms with Gasteiger partial charge in [-0.2, -0.15) is 0 Å². The molecule has 0 aliphatic heterocycles. The maximum absolute atomic E-state index is 11.2. The lowest BCUT2D eigenvalue weighted by atomic mass is 10.1. The van der Waals surface area contributed by atoms with E-state index in [-0.39, 0.29) is 5.69 Å². The number of rotatable bonds is 3. The van der Waals surface area contributed by atoms with Gasteiger partial charge in [0.15, 0.2) is 0 Å². The minimum atomic E-state index is -0.442. The van der Waals surface area contributed by atoms with Crippen LogP contribution in [0.2, 0.25) is 0 Å². The third-order valence-corrected chi connectivity index (χ3v) is 2.96. The van der Waals surface area contributed by atoms with Crippen molar-refractivity contribution in [3.05, 3.63) is 71.3 Å². The molecule has 21 heavy (non-hydrogen) atoms. The van der Waals surface area contributed by atoms with Crippen LogP contribution in [0.1, 0.15) is 0 Å². The van der Waals surface area contributed by atoms with E-state index < -0.39 is 4.92 Å². The summed E-state index contributed by atoms with van der Waals surface area (Å²) in [4.78, 5) is 23.2. The molecule has 0 fully saturated rings. The van der Waals surface area contributed by atoms with Gasteiger partial charge in [-0.05, 0) is 30.3 Å². The van der Waals surface area contributed by atoms with E-state index in [1.54, 1.807) is 49.1 Å². The SMILES string of the molecule is O=[N+]([O-])c1ccc(-c2cccnc2)nc1-c1cccnc1. The minimum absolute atomic E-state index is 0.0457. The first-order chi connectivity index (χ1) is 10.3. The van der Waals surface area contributed by atoms with Crippen LogP contribution >= 0.6 is 0 Å². The molecule has 0 aromatic carbocycles. The second kappa shape index (κ2) is 5.46. The van der Waals surface area contributed by atoms with Gasteiger partial charge in [-0.3, -0.25) is 20.1 Å². The van der Waals surface area contributed by atoms with Gasteiger partial charge in [0, 0.05) is 42.0 Å². The molecule has 0 saturated heterocycles. The Morgan fingerprint density at radius 1 is 0.905 bits per heavy atom. The summed E-state index contributed by atoms with van der Waals surface area (Å²) in [5.41, 5.74) is 2.30. The summed E-state index contributed by atoms with van der Waals surface area (Å²) in [5, 5.41) is 11.2. The normalized spacial score (nSPS) is 10.3. The van der Waals surface area contributed by atoms with E-state index in [0.717, 1.165) is 5.56 Å². The Morgan fingerprint density at radius 2 is 1.57 bits per heavy atom. The van der Waals surface area contributed by atoms with Gasteiger partial charge >= 0.3 is 0 Å². The third kappa shape index (κ3) is 2.59. The Morgan fingerprint density at radius 3 is 2.14 bits per heavy atom. The van der Waals surface area contributed by atoms with E-state index in [9.17, 15) is 10.1 Å². The fourth-order valence-electron chi connectivity index (χ4n) is 1.99. The molecule has 0 amide bonds. The minimum Gasteiger partial charge on any atom is -0.264 e. The summed E-state index contributed by atoms with van der Waals surface area (Å²) >= 11 is 0. The molecule has 0 spiro atoms. The van der Waals surface area contributed by atoms with Crippen LogP contribution in [0.15, 0.2) is 61.2 Å². The highest BCUT2D eigenvalue weighted by Crippen LogP contribution is 2.30. The first-order valence-electron chi connectivity index (χ1n) is 6.22. The molecule has 0 unspecified atom stereocenters. The van der Waals surface area contributed by atoms with Crippen molar-refractivity contribution in [2.75, 3.05) is 0 Å². The quantitative estimate of drug-likeness (QED) is 0.543. The second-order valence-corrected chi connectivity index (χ2v) is 4.30.